The molecule has 0 spiro atoms. The molecule has 2 aromatic carbocycles. The van der Waals surface area contributed by atoms with Crippen molar-refractivity contribution in [3.05, 3.63) is 71.0 Å². The summed E-state index contributed by atoms with van der Waals surface area (Å²) in [7, 11) is -4.63. The Morgan fingerprint density at radius 1 is 0.938 bits per heavy atom. The molecule has 1 aromatic heterocycles. The SMILES string of the molecule is Cc1oc(-c2ccc(C(F)(F)F)cc2)cc1COS(=O)(=O)c1ccc(O)c(C(F)(F)F)c1. The molecule has 0 aliphatic heterocycles. The fourth-order valence-electron chi connectivity index (χ4n) is 2.74. The van der Waals surface area contributed by atoms with Crippen molar-refractivity contribution in [2.75, 3.05) is 0 Å². The molecule has 0 saturated carbocycles. The molecule has 12 heteroatoms. The van der Waals surface area contributed by atoms with Gasteiger partial charge in [0, 0.05) is 11.1 Å². The standard InChI is InChI=1S/C20H14F6O5S/c1-11-13(8-18(31-11)12-2-4-14(5-3-12)19(21,22)23)10-30-32(28,29)15-6-7-17(27)16(9-15)20(24,25)26/h2-9,27H,10H2,1H3. The summed E-state index contributed by atoms with van der Waals surface area (Å²) in [5, 5.41) is 9.32. The number of rotatable bonds is 5. The molecule has 0 saturated heterocycles. The van der Waals surface area contributed by atoms with Crippen LogP contribution < -0.4 is 0 Å². The minimum atomic E-state index is -4.98. The lowest BCUT2D eigenvalue weighted by atomic mass is 10.1. The first-order chi connectivity index (χ1) is 14.7. The third-order valence-corrected chi connectivity index (χ3v) is 5.71. The van der Waals surface area contributed by atoms with Crippen molar-refractivity contribution >= 4 is 10.1 Å². The summed E-state index contributed by atoms with van der Waals surface area (Å²) in [6.07, 6.45) is -9.49. The largest absolute Gasteiger partial charge is 0.507 e. The van der Waals surface area contributed by atoms with E-state index in [4.69, 9.17) is 8.60 Å². The van der Waals surface area contributed by atoms with Gasteiger partial charge in [-0.05, 0) is 43.3 Å². The molecule has 0 aliphatic carbocycles. The first-order valence-electron chi connectivity index (χ1n) is 8.75. The minimum Gasteiger partial charge on any atom is -0.507 e. The Morgan fingerprint density at radius 2 is 1.56 bits per heavy atom. The second-order valence-corrected chi connectivity index (χ2v) is 8.28. The monoisotopic (exact) mass is 480 g/mol. The number of benzene rings is 2. The van der Waals surface area contributed by atoms with Gasteiger partial charge in [-0.15, -0.1) is 0 Å². The highest BCUT2D eigenvalue weighted by atomic mass is 32.2. The fourth-order valence-corrected chi connectivity index (χ4v) is 3.65. The molecule has 0 fully saturated rings. The van der Waals surface area contributed by atoms with Gasteiger partial charge in [-0.2, -0.15) is 34.8 Å². The van der Waals surface area contributed by atoms with Crippen LogP contribution in [-0.2, 0) is 33.3 Å². The number of hydrogen-bond acceptors (Lipinski definition) is 5. The van der Waals surface area contributed by atoms with Crippen molar-refractivity contribution in [2.45, 2.75) is 30.8 Å². The predicted molar refractivity (Wildman–Crippen MR) is 99.0 cm³/mol. The van der Waals surface area contributed by atoms with Crippen LogP contribution in [0.1, 0.15) is 22.5 Å². The van der Waals surface area contributed by atoms with Crippen LogP contribution in [0.25, 0.3) is 11.3 Å². The van der Waals surface area contributed by atoms with Crippen LogP contribution >= 0.6 is 0 Å². The molecule has 172 valence electrons. The molecule has 0 unspecified atom stereocenters. The second-order valence-electron chi connectivity index (χ2n) is 6.66. The van der Waals surface area contributed by atoms with Crippen LogP contribution in [0.4, 0.5) is 26.3 Å². The highest BCUT2D eigenvalue weighted by molar-refractivity contribution is 7.86. The quantitative estimate of drug-likeness (QED) is 0.363. The van der Waals surface area contributed by atoms with Crippen molar-refractivity contribution in [1.29, 1.82) is 0 Å². The van der Waals surface area contributed by atoms with Gasteiger partial charge in [0.15, 0.2) is 0 Å². The van der Waals surface area contributed by atoms with Gasteiger partial charge >= 0.3 is 12.4 Å². The number of furan rings is 1. The average molecular weight is 480 g/mol. The number of aromatic hydroxyl groups is 1. The van der Waals surface area contributed by atoms with E-state index in [1.54, 1.807) is 0 Å². The van der Waals surface area contributed by atoms with Crippen molar-refractivity contribution in [1.82, 2.24) is 0 Å². The Labute approximate surface area is 178 Å². The molecule has 1 heterocycles. The Morgan fingerprint density at radius 3 is 2.12 bits per heavy atom. The fraction of sp³-hybridized carbons (Fsp3) is 0.200. The molecule has 0 amide bonds. The maximum atomic E-state index is 12.9. The van der Waals surface area contributed by atoms with Gasteiger partial charge in [0.05, 0.1) is 22.6 Å². The summed E-state index contributed by atoms with van der Waals surface area (Å²) < 4.78 is 112. The Balaban J connectivity index is 1.80. The van der Waals surface area contributed by atoms with E-state index in [0.717, 1.165) is 18.2 Å². The Kier molecular flexibility index (Phi) is 6.04. The Bertz CT molecular complexity index is 1220. The summed E-state index contributed by atoms with van der Waals surface area (Å²) in [5.74, 6) is -0.781. The Hall–Kier alpha value is -2.99. The molecule has 5 nitrogen and oxygen atoms in total. The zero-order valence-corrected chi connectivity index (χ0v) is 16.9. The third-order valence-electron chi connectivity index (χ3n) is 4.45. The molecule has 3 rings (SSSR count). The summed E-state index contributed by atoms with van der Waals surface area (Å²) in [6, 6.07) is 7.02. The lowest BCUT2D eigenvalue weighted by molar-refractivity contribution is -0.139. The van der Waals surface area contributed by atoms with Crippen molar-refractivity contribution in [3.63, 3.8) is 0 Å². The van der Waals surface area contributed by atoms with E-state index < -0.39 is 50.8 Å². The highest BCUT2D eigenvalue weighted by Gasteiger charge is 2.35. The first kappa shape index (κ1) is 23.7. The zero-order valence-electron chi connectivity index (χ0n) is 16.1. The maximum Gasteiger partial charge on any atom is 0.419 e. The molecule has 0 radical (unpaired) electrons. The molecule has 0 aliphatic rings. The van der Waals surface area contributed by atoms with Crippen LogP contribution in [0.2, 0.25) is 0 Å². The number of alkyl halides is 6. The average Bonchev–Trinajstić information content (AvgIpc) is 3.06. The predicted octanol–water partition coefficient (Wildman–Crippen LogP) is 5.90. The number of phenols is 1. The van der Waals surface area contributed by atoms with Gasteiger partial charge in [0.25, 0.3) is 10.1 Å². The third kappa shape index (κ3) is 5.07. The molecular formula is C20H14F6O5S. The van der Waals surface area contributed by atoms with Gasteiger partial charge in [0.2, 0.25) is 0 Å². The summed E-state index contributed by atoms with van der Waals surface area (Å²) in [4.78, 5) is -0.813. The van der Waals surface area contributed by atoms with Gasteiger partial charge < -0.3 is 9.52 Å². The lowest BCUT2D eigenvalue weighted by Gasteiger charge is -2.11. The molecule has 3 aromatic rings. The lowest BCUT2D eigenvalue weighted by Crippen LogP contribution is -2.10. The summed E-state index contributed by atoms with van der Waals surface area (Å²) >= 11 is 0. The van der Waals surface area contributed by atoms with Crippen molar-refractivity contribution in [3.8, 4) is 17.1 Å². The van der Waals surface area contributed by atoms with E-state index >= 15 is 0 Å². The summed E-state index contributed by atoms with van der Waals surface area (Å²) in [5.41, 5.74) is -1.88. The van der Waals surface area contributed by atoms with E-state index in [2.05, 4.69) is 0 Å². The second kappa shape index (κ2) is 8.17. The van der Waals surface area contributed by atoms with Crippen LogP contribution in [0.3, 0.4) is 0 Å². The van der Waals surface area contributed by atoms with E-state index in [-0.39, 0.29) is 23.2 Å². The molecule has 0 atom stereocenters. The first-order valence-corrected chi connectivity index (χ1v) is 10.2. The van der Waals surface area contributed by atoms with Gasteiger partial charge in [-0.1, -0.05) is 12.1 Å². The zero-order chi connectivity index (χ0) is 23.9. The van der Waals surface area contributed by atoms with Gasteiger partial charge in [0.1, 0.15) is 17.3 Å². The van der Waals surface area contributed by atoms with E-state index in [1.165, 1.54) is 25.1 Å². The van der Waals surface area contributed by atoms with Crippen LogP contribution in [0.5, 0.6) is 5.75 Å². The molecule has 0 bridgehead atoms. The summed E-state index contributed by atoms with van der Waals surface area (Å²) in [6.45, 7) is 0.863. The van der Waals surface area contributed by atoms with Gasteiger partial charge in [-0.3, -0.25) is 4.18 Å². The van der Waals surface area contributed by atoms with Crippen molar-refractivity contribution < 1.29 is 48.5 Å². The normalized spacial score (nSPS) is 12.8. The topological polar surface area (TPSA) is 76.7 Å². The number of aryl methyl sites for hydroxylation is 1. The molecular weight excluding hydrogens is 466 g/mol. The highest BCUT2D eigenvalue weighted by Crippen LogP contribution is 2.37. The molecule has 1 N–H and O–H groups in total. The van der Waals surface area contributed by atoms with Crippen LogP contribution in [0.15, 0.2) is 57.8 Å². The van der Waals surface area contributed by atoms with Crippen molar-refractivity contribution in [2.24, 2.45) is 0 Å². The number of phenolic OH excluding ortho intramolecular Hbond substituents is 1. The maximum absolute atomic E-state index is 12.9. The smallest absolute Gasteiger partial charge is 0.419 e. The van der Waals surface area contributed by atoms with E-state index in [1.807, 2.05) is 0 Å². The van der Waals surface area contributed by atoms with Gasteiger partial charge in [-0.25, -0.2) is 0 Å². The van der Waals surface area contributed by atoms with E-state index in [9.17, 15) is 39.9 Å². The number of hydrogen-bond donors (Lipinski definition) is 1. The van der Waals surface area contributed by atoms with Crippen LogP contribution in [-0.4, -0.2) is 13.5 Å². The number of halogens is 6. The minimum absolute atomic E-state index is 0.149. The van der Waals surface area contributed by atoms with E-state index in [0.29, 0.717) is 11.6 Å². The molecule has 32 heavy (non-hydrogen) atoms. The van der Waals surface area contributed by atoms with Crippen LogP contribution in [0, 0.1) is 6.92 Å².